The zero-order valence-electron chi connectivity index (χ0n) is 47.4. The number of nitrogens with zero attached hydrogens (tertiary/aromatic N) is 4. The Hall–Kier alpha value is -8.54. The van der Waals surface area contributed by atoms with Gasteiger partial charge in [-0.2, -0.15) is 0 Å². The van der Waals surface area contributed by atoms with Crippen molar-refractivity contribution >= 4 is 44.6 Å². The Bertz CT molecular complexity index is 4800. The van der Waals surface area contributed by atoms with E-state index in [2.05, 4.69) is 312 Å². The van der Waals surface area contributed by atoms with Crippen molar-refractivity contribution in [1.82, 2.24) is 18.7 Å². The molecule has 0 radical (unpaired) electrons. The SMILES string of the molecule is Cc1ccnc(-n2c3cc(Oc4cccc(-n5[c](=[Pt])n(-c6c(-c7ccccc7)cccc6-c6cc(C(C)(C)C)cc(C(C)(C)C)c6)c6ccccc65)c4)ccc3c3cc4c(cc32)C2(c3ccccc3Sc3ccccc32)c2ccccc2-4)c1. The van der Waals surface area contributed by atoms with E-state index in [4.69, 9.17) is 9.72 Å². The fraction of sp³-hybridized carbons (Fsp3) is 0.132. The van der Waals surface area contributed by atoms with Gasteiger partial charge in [0.25, 0.3) is 0 Å². The summed E-state index contributed by atoms with van der Waals surface area (Å²) in [5.41, 5.74) is 22.1. The summed E-state index contributed by atoms with van der Waals surface area (Å²) in [6.45, 7) is 16.0. The predicted octanol–water partition coefficient (Wildman–Crippen LogP) is 19.8. The van der Waals surface area contributed by atoms with Gasteiger partial charge in [-0.3, -0.25) is 0 Å². The van der Waals surface area contributed by atoms with Gasteiger partial charge in [-0.25, -0.2) is 0 Å². The molecule has 0 bridgehead atoms. The fourth-order valence-corrected chi connectivity index (χ4v) is 15.5. The average Bonchev–Trinajstić information content (AvgIpc) is 2.18. The monoisotopic (exact) mass is 1270 g/mol. The van der Waals surface area contributed by atoms with Crippen LogP contribution < -0.4 is 4.74 Å². The van der Waals surface area contributed by atoms with Crippen LogP contribution in [0, 0.1) is 10.7 Å². The van der Waals surface area contributed by atoms with Crippen molar-refractivity contribution in [3.05, 3.63) is 279 Å². The van der Waals surface area contributed by atoms with Crippen LogP contribution in [-0.4, -0.2) is 18.7 Å². The molecule has 0 saturated carbocycles. The van der Waals surface area contributed by atoms with E-state index in [-0.39, 0.29) is 10.8 Å². The molecule has 15 rings (SSSR count). The third-order valence-electron chi connectivity index (χ3n) is 17.2. The quantitative estimate of drug-likeness (QED) is 0.160. The zero-order chi connectivity index (χ0) is 56.5. The number of rotatable bonds is 7. The van der Waals surface area contributed by atoms with Gasteiger partial charge in [0.15, 0.2) is 0 Å². The van der Waals surface area contributed by atoms with Crippen LogP contribution >= 0.6 is 11.8 Å². The molecule has 13 aromatic rings. The second-order valence-electron chi connectivity index (χ2n) is 24.4. The van der Waals surface area contributed by atoms with Crippen molar-refractivity contribution in [3.8, 4) is 62.1 Å². The standard InChI is InChI=1S/C76H60N4OS.Pt/c1-48-37-38-77-72(39-48)80-68-44-55(35-36-59(68)61-45-60-58-25-11-12-28-62(58)76(65(60)46-69(61)80)63-29-13-17-33-70(63)82-71-34-18-14-30-64(71)76)81-54-24-19-23-53(43-54)78-47-79(67-32-16-15-31-66(67)78)73-56(49-21-9-8-10-22-49)26-20-27-57(73)50-40-51(74(2,3)4)42-52(41-50)75(5,6)7;/h8-46H,1-7H3;. The summed E-state index contributed by atoms with van der Waals surface area (Å²) in [5.74, 6) is 2.34. The molecule has 10 aromatic carbocycles. The zero-order valence-corrected chi connectivity index (χ0v) is 50.5. The van der Waals surface area contributed by atoms with Crippen molar-refractivity contribution in [1.29, 1.82) is 0 Å². The topological polar surface area (TPSA) is 36.9 Å². The van der Waals surface area contributed by atoms with Crippen LogP contribution in [-0.2, 0) is 35.6 Å². The third-order valence-corrected chi connectivity index (χ3v) is 19.3. The Morgan fingerprint density at radius 1 is 0.434 bits per heavy atom. The molecule has 2 aliphatic rings. The Kier molecular flexibility index (Phi) is 11.9. The molecular weight excluding hydrogens is 1210 g/mol. The molecule has 7 heteroatoms. The van der Waals surface area contributed by atoms with Crippen molar-refractivity contribution in [2.24, 2.45) is 0 Å². The van der Waals surface area contributed by atoms with Crippen molar-refractivity contribution in [2.45, 2.75) is 74.5 Å². The summed E-state index contributed by atoms with van der Waals surface area (Å²) in [5, 5.41) is 2.31. The summed E-state index contributed by atoms with van der Waals surface area (Å²) in [6, 6.07) is 85.0. The fourth-order valence-electron chi connectivity index (χ4n) is 13.2. The minimum atomic E-state index is -0.511. The van der Waals surface area contributed by atoms with E-state index in [1.54, 1.807) is 0 Å². The number of hydrogen-bond acceptors (Lipinski definition) is 3. The van der Waals surface area contributed by atoms with Crippen LogP contribution in [0.5, 0.6) is 11.5 Å². The van der Waals surface area contributed by atoms with Crippen LogP contribution in [0.2, 0.25) is 0 Å². The minimum Gasteiger partial charge on any atom is -0.0894 e. The van der Waals surface area contributed by atoms with Crippen LogP contribution in [0.15, 0.2) is 247 Å². The molecule has 0 fully saturated rings. The van der Waals surface area contributed by atoms with Gasteiger partial charge in [0.1, 0.15) is 0 Å². The molecule has 5 nitrogen and oxygen atoms in total. The third kappa shape index (κ3) is 8.16. The van der Waals surface area contributed by atoms with Crippen LogP contribution in [0.3, 0.4) is 0 Å². The number of hydrogen-bond donors (Lipinski definition) is 0. The van der Waals surface area contributed by atoms with Crippen LogP contribution in [0.4, 0.5) is 0 Å². The Morgan fingerprint density at radius 3 is 1.72 bits per heavy atom. The number of fused-ring (bicyclic) bond motifs is 13. The molecule has 3 aromatic heterocycles. The van der Waals surface area contributed by atoms with E-state index in [1.165, 1.54) is 70.8 Å². The van der Waals surface area contributed by atoms with Gasteiger partial charge in [-0.05, 0) is 64.1 Å². The molecule has 1 aliphatic heterocycles. The summed E-state index contributed by atoms with van der Waals surface area (Å²) in [4.78, 5) is 7.67. The van der Waals surface area contributed by atoms with Crippen molar-refractivity contribution in [2.75, 3.05) is 0 Å². The Morgan fingerprint density at radius 2 is 1.02 bits per heavy atom. The molecule has 0 unspecified atom stereocenters. The normalized spacial score (nSPS) is 13.4. The van der Waals surface area contributed by atoms with Gasteiger partial charge in [0.2, 0.25) is 0 Å². The van der Waals surface area contributed by atoms with E-state index in [0.717, 1.165) is 76.6 Å². The molecule has 0 amide bonds. The predicted molar refractivity (Wildman–Crippen MR) is 339 cm³/mol. The van der Waals surface area contributed by atoms with E-state index in [9.17, 15) is 0 Å². The Balaban J connectivity index is 0.891. The van der Waals surface area contributed by atoms with Gasteiger partial charge in [-0.15, -0.1) is 0 Å². The van der Waals surface area contributed by atoms with Gasteiger partial charge in [-0.1, -0.05) is 72.4 Å². The summed E-state index contributed by atoms with van der Waals surface area (Å²) in [6.07, 6.45) is 1.92. The van der Waals surface area contributed by atoms with Gasteiger partial charge < -0.3 is 0 Å². The maximum atomic E-state index is 7.07. The van der Waals surface area contributed by atoms with Crippen LogP contribution in [0.25, 0.3) is 83.4 Å². The first-order valence-electron chi connectivity index (χ1n) is 28.6. The minimum absolute atomic E-state index is 0.0480. The molecule has 0 atom stereocenters. The van der Waals surface area contributed by atoms with Gasteiger partial charge in [0, 0.05) is 16.0 Å². The molecule has 4 heterocycles. The van der Waals surface area contributed by atoms with E-state index in [1.807, 2.05) is 18.0 Å². The number of benzene rings is 10. The molecule has 0 N–H and O–H groups in total. The molecular formula is C76H60N4OPtS. The summed E-state index contributed by atoms with van der Waals surface area (Å²) < 4.78 is 15.3. The molecule has 83 heavy (non-hydrogen) atoms. The maximum absolute atomic E-state index is 7.07. The molecule has 406 valence electrons. The second-order valence-corrected chi connectivity index (χ2v) is 26.5. The molecule has 0 saturated heterocycles. The number of pyridine rings is 1. The second kappa shape index (κ2) is 19.3. The van der Waals surface area contributed by atoms with Gasteiger partial charge >= 0.3 is 346 Å². The first-order chi connectivity index (χ1) is 40.2. The van der Waals surface area contributed by atoms with E-state index >= 15 is 0 Å². The first kappa shape index (κ1) is 51.3. The number of aryl methyl sites for hydroxylation is 1. The number of imidazole rings is 1. The van der Waals surface area contributed by atoms with Gasteiger partial charge in [0.05, 0.1) is 5.41 Å². The summed E-state index contributed by atoms with van der Waals surface area (Å²) >= 11 is 4.42. The van der Waals surface area contributed by atoms with E-state index in [0.29, 0.717) is 0 Å². The number of ether oxygens (including phenoxy) is 1. The van der Waals surface area contributed by atoms with Crippen molar-refractivity contribution < 1.29 is 24.1 Å². The smallest absolute Gasteiger partial charge is 0.0894 e. The molecule has 1 aliphatic carbocycles. The van der Waals surface area contributed by atoms with Crippen molar-refractivity contribution in [3.63, 3.8) is 0 Å². The number of para-hydroxylation sites is 3. The molecule has 1 spiro atoms. The van der Waals surface area contributed by atoms with E-state index < -0.39 is 5.41 Å². The van der Waals surface area contributed by atoms with Crippen LogP contribution in [0.1, 0.15) is 80.5 Å². The first-order valence-corrected chi connectivity index (χ1v) is 30.5. The Labute approximate surface area is 500 Å². The number of aromatic nitrogens is 4. The summed E-state index contributed by atoms with van der Waals surface area (Å²) in [7, 11) is 0. The average molecular weight is 1270 g/mol.